The van der Waals surface area contributed by atoms with Gasteiger partial charge in [0.25, 0.3) is 0 Å². The molecule has 4 nitrogen and oxygen atoms in total. The molecule has 142 valence electrons. The third kappa shape index (κ3) is 4.07. The van der Waals surface area contributed by atoms with Crippen molar-refractivity contribution in [3.8, 4) is 0 Å². The van der Waals surface area contributed by atoms with Crippen molar-refractivity contribution in [2.75, 3.05) is 23.3 Å². The Kier molecular flexibility index (Phi) is 4.77. The lowest BCUT2D eigenvalue weighted by Crippen LogP contribution is -2.38. The lowest BCUT2D eigenvalue weighted by Gasteiger charge is -2.32. The molecular weight excluding hydrogens is 341 g/mol. The summed E-state index contributed by atoms with van der Waals surface area (Å²) in [7, 11) is 0. The van der Waals surface area contributed by atoms with Gasteiger partial charge >= 0.3 is 6.03 Å². The van der Waals surface area contributed by atoms with Gasteiger partial charge in [-0.05, 0) is 73.6 Å². The third-order valence-electron chi connectivity index (χ3n) is 5.77. The smallest absolute Gasteiger partial charge is 0.319 e. The quantitative estimate of drug-likeness (QED) is 0.809. The standard InChI is InChI=1S/C22H26FN3O/c1-16-10-14-26(15-11-16)20-8-6-19(7-9-20)24-21(27)25-22(12-13-22)17-2-4-18(23)5-3-17/h2-9,16H,10-15H2,1H3,(H2,24,25,27). The van der Waals surface area contributed by atoms with E-state index in [0.29, 0.717) is 0 Å². The van der Waals surface area contributed by atoms with Crippen LogP contribution in [0.3, 0.4) is 0 Å². The van der Waals surface area contributed by atoms with E-state index in [1.54, 1.807) is 12.1 Å². The van der Waals surface area contributed by atoms with Crippen molar-refractivity contribution in [3.63, 3.8) is 0 Å². The number of carbonyl (C=O) groups excluding carboxylic acids is 1. The minimum absolute atomic E-state index is 0.226. The summed E-state index contributed by atoms with van der Waals surface area (Å²) in [5, 5.41) is 5.97. The largest absolute Gasteiger partial charge is 0.372 e. The average molecular weight is 367 g/mol. The molecule has 1 saturated heterocycles. The lowest BCUT2D eigenvalue weighted by molar-refractivity contribution is 0.247. The zero-order chi connectivity index (χ0) is 18.9. The average Bonchev–Trinajstić information content (AvgIpc) is 3.44. The summed E-state index contributed by atoms with van der Waals surface area (Å²) in [4.78, 5) is 14.8. The number of rotatable bonds is 4. The highest BCUT2D eigenvalue weighted by Gasteiger charge is 2.45. The van der Waals surface area contributed by atoms with Crippen LogP contribution in [0, 0.1) is 11.7 Å². The van der Waals surface area contributed by atoms with Gasteiger partial charge in [-0.2, -0.15) is 0 Å². The molecule has 1 aliphatic heterocycles. The number of halogens is 1. The van der Waals surface area contributed by atoms with Crippen molar-refractivity contribution in [1.82, 2.24) is 5.32 Å². The van der Waals surface area contributed by atoms with E-state index >= 15 is 0 Å². The third-order valence-corrected chi connectivity index (χ3v) is 5.77. The van der Waals surface area contributed by atoms with Gasteiger partial charge in [-0.15, -0.1) is 0 Å². The van der Waals surface area contributed by atoms with E-state index in [1.165, 1.54) is 30.7 Å². The monoisotopic (exact) mass is 367 g/mol. The summed E-state index contributed by atoms with van der Waals surface area (Å²) in [6.45, 7) is 4.49. The Balaban J connectivity index is 1.35. The number of amides is 2. The topological polar surface area (TPSA) is 44.4 Å². The first-order valence-corrected chi connectivity index (χ1v) is 9.74. The first-order valence-electron chi connectivity index (χ1n) is 9.74. The molecule has 5 heteroatoms. The van der Waals surface area contributed by atoms with Crippen molar-refractivity contribution in [1.29, 1.82) is 0 Å². The number of nitrogens with zero attached hydrogens (tertiary/aromatic N) is 1. The van der Waals surface area contributed by atoms with Crippen LogP contribution >= 0.6 is 0 Å². The number of anilines is 2. The maximum absolute atomic E-state index is 13.1. The van der Waals surface area contributed by atoms with Crippen molar-refractivity contribution < 1.29 is 9.18 Å². The number of benzene rings is 2. The molecule has 2 amide bonds. The van der Waals surface area contributed by atoms with Gasteiger partial charge in [0.1, 0.15) is 5.82 Å². The molecule has 1 aliphatic carbocycles. The molecule has 1 saturated carbocycles. The molecular formula is C22H26FN3O. The van der Waals surface area contributed by atoms with E-state index in [4.69, 9.17) is 0 Å². The van der Waals surface area contributed by atoms with Crippen LogP contribution in [-0.4, -0.2) is 19.1 Å². The molecule has 2 fully saturated rings. The van der Waals surface area contributed by atoms with Gasteiger partial charge in [-0.1, -0.05) is 19.1 Å². The molecule has 2 aromatic rings. The van der Waals surface area contributed by atoms with Crippen molar-refractivity contribution >= 4 is 17.4 Å². The van der Waals surface area contributed by atoms with Gasteiger partial charge in [0.15, 0.2) is 0 Å². The second kappa shape index (κ2) is 7.22. The Labute approximate surface area is 159 Å². The highest BCUT2D eigenvalue weighted by molar-refractivity contribution is 5.90. The summed E-state index contributed by atoms with van der Waals surface area (Å²) in [6.07, 6.45) is 4.21. The van der Waals surface area contributed by atoms with Crippen molar-refractivity contribution in [3.05, 3.63) is 59.9 Å². The lowest BCUT2D eigenvalue weighted by atomic mass is 9.99. The maximum Gasteiger partial charge on any atom is 0.319 e. The number of urea groups is 1. The fourth-order valence-electron chi connectivity index (χ4n) is 3.78. The van der Waals surface area contributed by atoms with Crippen molar-refractivity contribution in [2.24, 2.45) is 5.92 Å². The minimum Gasteiger partial charge on any atom is -0.372 e. The summed E-state index contributed by atoms with van der Waals surface area (Å²) >= 11 is 0. The van der Waals surface area contributed by atoms with E-state index in [-0.39, 0.29) is 17.4 Å². The van der Waals surface area contributed by atoms with E-state index in [9.17, 15) is 9.18 Å². The molecule has 1 heterocycles. The molecule has 0 atom stereocenters. The molecule has 0 unspecified atom stereocenters. The van der Waals surface area contributed by atoms with E-state index in [2.05, 4.69) is 34.6 Å². The molecule has 0 radical (unpaired) electrons. The predicted molar refractivity (Wildman–Crippen MR) is 107 cm³/mol. The molecule has 2 aromatic carbocycles. The van der Waals surface area contributed by atoms with Gasteiger partial charge < -0.3 is 15.5 Å². The zero-order valence-corrected chi connectivity index (χ0v) is 15.7. The highest BCUT2D eigenvalue weighted by atomic mass is 19.1. The van der Waals surface area contributed by atoms with Crippen LogP contribution in [0.1, 0.15) is 38.2 Å². The van der Waals surface area contributed by atoms with Crippen LogP contribution in [0.5, 0.6) is 0 Å². The normalized spacial score (nSPS) is 18.8. The Bertz CT molecular complexity index is 791. The summed E-state index contributed by atoms with van der Waals surface area (Å²) < 4.78 is 13.1. The summed E-state index contributed by atoms with van der Waals surface area (Å²) in [5.41, 5.74) is 2.57. The van der Waals surface area contributed by atoms with Crippen LogP contribution in [0.4, 0.5) is 20.6 Å². The zero-order valence-electron chi connectivity index (χ0n) is 15.7. The SMILES string of the molecule is CC1CCN(c2ccc(NC(=O)NC3(c4ccc(F)cc4)CC3)cc2)CC1. The van der Waals surface area contributed by atoms with Gasteiger partial charge in [-0.25, -0.2) is 9.18 Å². The van der Waals surface area contributed by atoms with Crippen molar-refractivity contribution in [2.45, 2.75) is 38.1 Å². The number of piperidine rings is 1. The summed E-state index contributed by atoms with van der Waals surface area (Å²) in [6, 6.07) is 14.2. The van der Waals surface area contributed by atoms with Gasteiger partial charge in [0.05, 0.1) is 5.54 Å². The Hall–Kier alpha value is -2.56. The number of hydrogen-bond acceptors (Lipinski definition) is 2. The molecule has 4 rings (SSSR count). The molecule has 0 aromatic heterocycles. The summed E-state index contributed by atoms with van der Waals surface area (Å²) in [5.74, 6) is 0.545. The van der Waals surface area contributed by atoms with Gasteiger partial charge in [0.2, 0.25) is 0 Å². The van der Waals surface area contributed by atoms with Crippen LogP contribution in [-0.2, 0) is 5.54 Å². The van der Waals surface area contributed by atoms with Crippen LogP contribution in [0.2, 0.25) is 0 Å². The number of hydrogen-bond donors (Lipinski definition) is 2. The predicted octanol–water partition coefficient (Wildman–Crippen LogP) is 4.87. The Morgan fingerprint density at radius 1 is 1.04 bits per heavy atom. The second-order valence-corrected chi connectivity index (χ2v) is 7.88. The van der Waals surface area contributed by atoms with Crippen LogP contribution < -0.4 is 15.5 Å². The Morgan fingerprint density at radius 2 is 1.67 bits per heavy atom. The fourth-order valence-corrected chi connectivity index (χ4v) is 3.78. The maximum atomic E-state index is 13.1. The molecule has 2 aliphatic rings. The van der Waals surface area contributed by atoms with Crippen LogP contribution in [0.25, 0.3) is 0 Å². The fraction of sp³-hybridized carbons (Fsp3) is 0.409. The van der Waals surface area contributed by atoms with E-state index in [1.807, 2.05) is 12.1 Å². The molecule has 27 heavy (non-hydrogen) atoms. The van der Waals surface area contributed by atoms with Gasteiger partial charge in [-0.3, -0.25) is 0 Å². The van der Waals surface area contributed by atoms with Gasteiger partial charge in [0, 0.05) is 24.5 Å². The number of carbonyl (C=O) groups is 1. The Morgan fingerprint density at radius 3 is 2.26 bits per heavy atom. The first-order chi connectivity index (χ1) is 13.0. The second-order valence-electron chi connectivity index (χ2n) is 7.88. The minimum atomic E-state index is -0.359. The molecule has 0 spiro atoms. The highest BCUT2D eigenvalue weighted by Crippen LogP contribution is 2.45. The van der Waals surface area contributed by atoms with Crippen LogP contribution in [0.15, 0.2) is 48.5 Å². The molecule has 2 N–H and O–H groups in total. The van der Waals surface area contributed by atoms with E-state index in [0.717, 1.165) is 43.1 Å². The molecule has 0 bridgehead atoms. The number of nitrogens with one attached hydrogen (secondary N) is 2. The van der Waals surface area contributed by atoms with E-state index < -0.39 is 0 Å². The first kappa shape index (κ1) is 17.8.